The van der Waals surface area contributed by atoms with Crippen molar-refractivity contribution in [2.45, 2.75) is 183 Å². The molecule has 5 unspecified atom stereocenters. The summed E-state index contributed by atoms with van der Waals surface area (Å²) in [4.78, 5) is 39.3. The average Bonchev–Trinajstić information content (AvgIpc) is 3.18. The lowest BCUT2D eigenvalue weighted by molar-refractivity contribution is -0.342. The molecule has 60 heavy (non-hydrogen) atoms. The molecule has 338 valence electrons. The highest BCUT2D eigenvalue weighted by molar-refractivity contribution is 5.88. The summed E-state index contributed by atoms with van der Waals surface area (Å²) in [6.07, 6.45) is 2.39. The van der Waals surface area contributed by atoms with E-state index in [4.69, 9.17) is 23.7 Å². The Morgan fingerprint density at radius 2 is 1.43 bits per heavy atom. The van der Waals surface area contributed by atoms with Crippen LogP contribution >= 0.6 is 0 Å². The molecule has 4 N–H and O–H groups in total. The van der Waals surface area contributed by atoms with E-state index < -0.39 is 89.8 Å². The van der Waals surface area contributed by atoms with Crippen LogP contribution in [0.5, 0.6) is 0 Å². The monoisotopic (exact) mass is 843 g/mol. The van der Waals surface area contributed by atoms with E-state index in [1.807, 2.05) is 13.8 Å². The summed E-state index contributed by atoms with van der Waals surface area (Å²) in [5.74, 6) is -1.66. The van der Waals surface area contributed by atoms with Crippen LogP contribution < -0.4 is 0 Å². The molecule has 1 saturated heterocycles. The molecule has 0 radical (unpaired) electrons. The van der Waals surface area contributed by atoms with Crippen molar-refractivity contribution in [2.24, 2.45) is 50.2 Å². The van der Waals surface area contributed by atoms with Gasteiger partial charge < -0.3 is 44.1 Å². The van der Waals surface area contributed by atoms with E-state index in [2.05, 4.69) is 33.8 Å². The van der Waals surface area contributed by atoms with Crippen molar-refractivity contribution in [1.29, 1.82) is 0 Å². The minimum Gasteiger partial charge on any atom is -0.459 e. The Labute approximate surface area is 357 Å². The first kappa shape index (κ1) is 46.9. The molecule has 0 amide bonds. The Morgan fingerprint density at radius 1 is 0.817 bits per heavy atom. The number of aliphatic hydroxyl groups excluding tert-OH is 4. The summed E-state index contributed by atoms with van der Waals surface area (Å²) >= 11 is 0. The van der Waals surface area contributed by atoms with Crippen molar-refractivity contribution in [2.75, 3.05) is 13.2 Å². The SMILES string of the molecule is C/C=C(/C)C(=O)O[C@@H]1C(O)[C@H](O[C@H]2[C@@H](OC(C)=O)[C@@]3(CO)C(CC2(C)C)C2=CCC4[C@@]5(C)CCC[C@@](C)(CO)C5CC[C@@]4(C)[C@]2(C)C[C@@H]3O)OC(C)[C@@H]1OC(=O)/C(C)=C\C. The van der Waals surface area contributed by atoms with Crippen LogP contribution in [0.1, 0.15) is 134 Å². The van der Waals surface area contributed by atoms with Crippen LogP contribution in [0.3, 0.4) is 0 Å². The zero-order chi connectivity index (χ0) is 44.5. The van der Waals surface area contributed by atoms with E-state index in [9.17, 15) is 34.8 Å². The number of fused-ring (bicyclic) bond motifs is 7. The third kappa shape index (κ3) is 7.15. The molecule has 6 rings (SSSR count). The number of allylic oxidation sites excluding steroid dienone is 4. The Bertz CT molecular complexity index is 1770. The molecule has 5 aliphatic carbocycles. The topological polar surface area (TPSA) is 178 Å². The van der Waals surface area contributed by atoms with E-state index in [0.29, 0.717) is 30.3 Å². The molecule has 0 aromatic heterocycles. The number of carbonyl (C=O) groups excluding carboxylic acids is 3. The van der Waals surface area contributed by atoms with Gasteiger partial charge in [0.15, 0.2) is 18.5 Å². The fourth-order valence-corrected chi connectivity index (χ4v) is 13.8. The molecule has 1 aliphatic heterocycles. The first-order valence-corrected chi connectivity index (χ1v) is 22.4. The van der Waals surface area contributed by atoms with E-state index >= 15 is 0 Å². The molecular weight excluding hydrogens is 769 g/mol. The van der Waals surface area contributed by atoms with Gasteiger partial charge in [0, 0.05) is 24.7 Å². The highest BCUT2D eigenvalue weighted by Crippen LogP contribution is 2.76. The molecule has 0 aromatic rings. The predicted molar refractivity (Wildman–Crippen MR) is 224 cm³/mol. The number of hydrogen-bond donors (Lipinski definition) is 4. The Morgan fingerprint density at radius 3 is 2.00 bits per heavy atom. The van der Waals surface area contributed by atoms with Gasteiger partial charge in [0.2, 0.25) is 0 Å². The summed E-state index contributed by atoms with van der Waals surface area (Å²) in [6, 6.07) is 0. The number of aliphatic hydroxyl groups is 4. The van der Waals surface area contributed by atoms with E-state index in [1.54, 1.807) is 46.8 Å². The molecule has 12 heteroatoms. The molecule has 0 aromatic carbocycles. The zero-order valence-electron chi connectivity index (χ0n) is 38.2. The smallest absolute Gasteiger partial charge is 0.333 e. The van der Waals surface area contributed by atoms with Crippen LogP contribution in [0.4, 0.5) is 0 Å². The lowest BCUT2D eigenvalue weighted by atomic mass is 9.33. The molecule has 12 nitrogen and oxygen atoms in total. The Kier molecular flexibility index (Phi) is 12.9. The predicted octanol–water partition coefficient (Wildman–Crippen LogP) is 6.51. The zero-order valence-corrected chi connectivity index (χ0v) is 38.2. The fraction of sp³-hybridized carbons (Fsp3) is 0.812. The second-order valence-corrected chi connectivity index (χ2v) is 21.2. The molecular formula is C48H74O12. The van der Waals surface area contributed by atoms with Gasteiger partial charge >= 0.3 is 17.9 Å². The van der Waals surface area contributed by atoms with Crippen LogP contribution in [0, 0.1) is 50.2 Å². The van der Waals surface area contributed by atoms with E-state index in [0.717, 1.165) is 38.5 Å². The van der Waals surface area contributed by atoms with E-state index in [-0.39, 0.29) is 34.3 Å². The number of ether oxygens (including phenoxy) is 5. The van der Waals surface area contributed by atoms with Crippen LogP contribution in [-0.4, -0.2) is 101 Å². The van der Waals surface area contributed by atoms with Crippen LogP contribution in [0.25, 0.3) is 0 Å². The Hall–Kier alpha value is -2.61. The second-order valence-electron chi connectivity index (χ2n) is 21.2. The standard InChI is InChI=1S/C48H74O12/c1-13-26(3)40(54)58-36-28(5)56-42(35(53)37(36)59-41(55)27(4)14-2)60-38-39(57-29(6)51)48(25-50)31(22-43(38,7)8)30-16-17-33-45(10)20-15-19-44(9,24-49)32(45)18-21-46(33,11)47(30,12)23-34(48)52/h13-14,16,28,31-39,42,49-50,52-53H,15,17-25H2,1-12H3/b26-13-,27-14-/t28?,31?,32?,33?,34-,35?,36-,37+,38-,39+,42-,44-,45-,46+,47+,48-/m0/s1. The van der Waals surface area contributed by atoms with Crippen LogP contribution in [0.2, 0.25) is 0 Å². The maximum atomic E-state index is 13.2. The van der Waals surface area contributed by atoms with Crippen molar-refractivity contribution in [3.8, 4) is 0 Å². The van der Waals surface area contributed by atoms with Crippen molar-refractivity contribution in [3.63, 3.8) is 0 Å². The van der Waals surface area contributed by atoms with Crippen LogP contribution in [-0.2, 0) is 38.1 Å². The summed E-state index contributed by atoms with van der Waals surface area (Å²) in [7, 11) is 0. The van der Waals surface area contributed by atoms with Gasteiger partial charge in [-0.25, -0.2) is 9.59 Å². The minimum absolute atomic E-state index is 0.00777. The van der Waals surface area contributed by atoms with Crippen molar-refractivity contribution < 1.29 is 58.5 Å². The summed E-state index contributed by atoms with van der Waals surface area (Å²) < 4.78 is 31.0. The molecule has 16 atom stereocenters. The van der Waals surface area contributed by atoms with Crippen molar-refractivity contribution >= 4 is 17.9 Å². The van der Waals surface area contributed by atoms with Crippen molar-refractivity contribution in [3.05, 3.63) is 34.9 Å². The van der Waals surface area contributed by atoms with Gasteiger partial charge in [-0.3, -0.25) is 4.79 Å². The number of esters is 3. The fourth-order valence-electron chi connectivity index (χ4n) is 13.8. The maximum absolute atomic E-state index is 13.2. The highest BCUT2D eigenvalue weighted by atomic mass is 16.7. The summed E-state index contributed by atoms with van der Waals surface area (Å²) in [6.45, 7) is 22.6. The summed E-state index contributed by atoms with van der Waals surface area (Å²) in [5, 5.41) is 47.2. The second kappa shape index (κ2) is 16.5. The molecule has 4 saturated carbocycles. The quantitative estimate of drug-likeness (QED) is 0.0652. The van der Waals surface area contributed by atoms with Gasteiger partial charge in [0.1, 0.15) is 18.3 Å². The minimum atomic E-state index is -1.66. The summed E-state index contributed by atoms with van der Waals surface area (Å²) in [5.41, 5.74) is -1.12. The lowest BCUT2D eigenvalue weighted by Gasteiger charge is -2.72. The first-order valence-electron chi connectivity index (χ1n) is 22.4. The third-order valence-electron chi connectivity index (χ3n) is 17.6. The highest BCUT2D eigenvalue weighted by Gasteiger charge is 2.73. The molecule has 1 heterocycles. The van der Waals surface area contributed by atoms with E-state index in [1.165, 1.54) is 12.5 Å². The van der Waals surface area contributed by atoms with Crippen molar-refractivity contribution in [1.82, 2.24) is 0 Å². The van der Waals surface area contributed by atoms with Crippen LogP contribution in [0.15, 0.2) is 34.9 Å². The number of rotatable bonds is 9. The molecule has 0 spiro atoms. The largest absolute Gasteiger partial charge is 0.459 e. The van der Waals surface area contributed by atoms with Gasteiger partial charge in [-0.15, -0.1) is 0 Å². The molecule has 5 fully saturated rings. The number of hydrogen-bond acceptors (Lipinski definition) is 12. The third-order valence-corrected chi connectivity index (χ3v) is 17.6. The lowest BCUT2D eigenvalue weighted by Crippen LogP contribution is -2.73. The Balaban J connectivity index is 1.38. The number of carbonyl (C=O) groups is 3. The van der Waals surface area contributed by atoms with Gasteiger partial charge in [-0.05, 0) is 124 Å². The van der Waals surface area contributed by atoms with Gasteiger partial charge in [0.05, 0.1) is 24.2 Å². The van der Waals surface area contributed by atoms with Gasteiger partial charge in [-0.1, -0.05) is 71.8 Å². The first-order chi connectivity index (χ1) is 28.0. The van der Waals surface area contributed by atoms with Gasteiger partial charge in [-0.2, -0.15) is 0 Å². The molecule has 6 aliphatic rings. The van der Waals surface area contributed by atoms with Gasteiger partial charge in [0.25, 0.3) is 0 Å². The average molecular weight is 843 g/mol. The normalized spacial score (nSPS) is 46.4. The molecule has 0 bridgehead atoms. The maximum Gasteiger partial charge on any atom is 0.333 e.